The van der Waals surface area contributed by atoms with Crippen molar-refractivity contribution in [3.8, 4) is 5.75 Å². The minimum Gasteiger partial charge on any atom is -0.505 e. The molecule has 2 aromatic carbocycles. The SMILES string of the molecule is CC[C@H]1NC(=O)[C@@H](NC(=O)c2ncccc2O)[C@@H](C)OC(=O)[C@H](c2ccccc2)NC(=O)[C@@H]2CC(=O)CCN2C(=O)[C@H](Cc2ccc(N(C)C)cc2)N(C)C(=O)C2CCCN2C1=O. The number of anilines is 1. The number of carbonyl (C=O) groups excluding carboxylic acids is 8. The van der Waals surface area contributed by atoms with Gasteiger partial charge in [-0.15, -0.1) is 0 Å². The topological polar surface area (TPSA) is 228 Å². The number of cyclic esters (lactones) is 1. The molecule has 4 N–H and O–H groups in total. The Kier molecular flexibility index (Phi) is 14.4. The molecule has 0 spiro atoms. The average Bonchev–Trinajstić information content (AvgIpc) is 3.77. The van der Waals surface area contributed by atoms with E-state index in [1.54, 1.807) is 37.3 Å². The third-order valence-electron chi connectivity index (χ3n) is 11.8. The van der Waals surface area contributed by atoms with E-state index in [-0.39, 0.29) is 56.5 Å². The number of nitrogens with zero attached hydrogens (tertiary/aromatic N) is 5. The summed E-state index contributed by atoms with van der Waals surface area (Å²) in [5.74, 6) is -6.33. The van der Waals surface area contributed by atoms with Crippen molar-refractivity contribution in [2.45, 2.75) is 94.7 Å². The van der Waals surface area contributed by atoms with Gasteiger partial charge in [0.25, 0.3) is 5.91 Å². The number of rotatable bonds is 7. The summed E-state index contributed by atoms with van der Waals surface area (Å²) >= 11 is 0. The Morgan fingerprint density at radius 2 is 1.57 bits per heavy atom. The zero-order valence-corrected chi connectivity index (χ0v) is 36.0. The second kappa shape index (κ2) is 19.9. The van der Waals surface area contributed by atoms with Gasteiger partial charge >= 0.3 is 5.97 Å². The summed E-state index contributed by atoms with van der Waals surface area (Å²) in [6.45, 7) is 3.02. The summed E-state index contributed by atoms with van der Waals surface area (Å²) in [5, 5.41) is 18.2. The van der Waals surface area contributed by atoms with E-state index in [4.69, 9.17) is 4.74 Å². The van der Waals surface area contributed by atoms with E-state index < -0.39 is 95.2 Å². The Bertz CT molecular complexity index is 2220. The molecule has 7 atom stereocenters. The van der Waals surface area contributed by atoms with Crippen molar-refractivity contribution < 1.29 is 48.2 Å². The molecule has 0 radical (unpaired) electrons. The number of pyridine rings is 1. The molecule has 63 heavy (non-hydrogen) atoms. The summed E-state index contributed by atoms with van der Waals surface area (Å²) in [4.78, 5) is 123. The van der Waals surface area contributed by atoms with E-state index in [0.717, 1.165) is 5.69 Å². The van der Waals surface area contributed by atoms with Crippen molar-refractivity contribution in [2.24, 2.45) is 0 Å². The van der Waals surface area contributed by atoms with Crippen LogP contribution in [0.15, 0.2) is 72.9 Å². The third-order valence-corrected chi connectivity index (χ3v) is 11.8. The number of Topliss-reactive ketones (excluding diaryl/α,β-unsaturated/α-hetero) is 1. The van der Waals surface area contributed by atoms with Crippen molar-refractivity contribution >= 4 is 52.9 Å². The molecule has 6 amide bonds. The van der Waals surface area contributed by atoms with Crippen molar-refractivity contribution in [3.05, 3.63) is 89.7 Å². The molecule has 0 bridgehead atoms. The first-order chi connectivity index (χ1) is 30.1. The number of hydrogen-bond donors (Lipinski definition) is 4. The van der Waals surface area contributed by atoms with Crippen LogP contribution in [-0.2, 0) is 44.7 Å². The number of hydrogen-bond acceptors (Lipinski definition) is 12. The second-order valence-electron chi connectivity index (χ2n) is 16.2. The van der Waals surface area contributed by atoms with Crippen LogP contribution in [0.5, 0.6) is 5.75 Å². The lowest BCUT2D eigenvalue weighted by atomic mass is 9.95. The Labute approximate surface area is 365 Å². The highest BCUT2D eigenvalue weighted by molar-refractivity contribution is 6.01. The minimum atomic E-state index is -1.68. The molecule has 18 heteroatoms. The fourth-order valence-corrected chi connectivity index (χ4v) is 8.20. The van der Waals surface area contributed by atoms with Gasteiger partial charge in [-0.25, -0.2) is 9.78 Å². The molecule has 18 nitrogen and oxygen atoms in total. The first-order valence-corrected chi connectivity index (χ1v) is 21.1. The van der Waals surface area contributed by atoms with Crippen molar-refractivity contribution in [1.82, 2.24) is 35.6 Å². The predicted molar refractivity (Wildman–Crippen MR) is 228 cm³/mol. The second-order valence-corrected chi connectivity index (χ2v) is 16.2. The zero-order valence-electron chi connectivity index (χ0n) is 36.0. The fourth-order valence-electron chi connectivity index (χ4n) is 8.20. The number of piperidine rings is 1. The van der Waals surface area contributed by atoms with E-state index in [1.165, 1.54) is 47.0 Å². The zero-order chi connectivity index (χ0) is 45.5. The van der Waals surface area contributed by atoms with Crippen LogP contribution in [0.1, 0.15) is 73.6 Å². The molecular weight excluding hydrogens is 813 g/mol. The predicted octanol–water partition coefficient (Wildman–Crippen LogP) is 1.27. The van der Waals surface area contributed by atoms with Crippen LogP contribution >= 0.6 is 0 Å². The van der Waals surface area contributed by atoms with Crippen molar-refractivity contribution in [1.29, 1.82) is 0 Å². The van der Waals surface area contributed by atoms with Crippen LogP contribution in [0.2, 0.25) is 0 Å². The standard InChI is InChI=1S/C45H54N8O10/c1-6-31-42(59)52-22-11-14-32(52)43(60)51(5)34(24-27-16-18-29(19-17-27)50(3)4)44(61)53-23-20-30(54)25-33(53)39(56)49-37(28-12-8-7-9-13-28)45(62)63-26(2)36(40(57)47-31)48-41(58)38-35(55)15-10-21-46-38/h7-10,12-13,15-19,21,26,31-34,36-37,55H,6,11,14,20,22-25H2,1-5H3,(H,47,57)(H,48,58)(H,49,56)/t26-,31-,32?,33+,34+,36+,37+/m1/s1. The lowest BCUT2D eigenvalue weighted by molar-refractivity contribution is -0.156. The van der Waals surface area contributed by atoms with E-state index >= 15 is 0 Å². The summed E-state index contributed by atoms with van der Waals surface area (Å²) in [6, 6.07) is 10.1. The highest BCUT2D eigenvalue weighted by Gasteiger charge is 2.45. The third kappa shape index (κ3) is 10.3. The van der Waals surface area contributed by atoms with Gasteiger partial charge in [0.05, 0.1) is 0 Å². The monoisotopic (exact) mass is 866 g/mol. The van der Waals surface area contributed by atoms with Crippen LogP contribution in [0.4, 0.5) is 5.69 Å². The van der Waals surface area contributed by atoms with Gasteiger partial charge in [-0.3, -0.25) is 33.6 Å². The van der Waals surface area contributed by atoms with Gasteiger partial charge in [-0.05, 0) is 61.6 Å². The highest BCUT2D eigenvalue weighted by atomic mass is 16.5. The number of benzene rings is 2. The molecular formula is C45H54N8O10. The molecule has 3 aliphatic heterocycles. The van der Waals surface area contributed by atoms with Gasteiger partial charge in [0, 0.05) is 65.4 Å². The number of ether oxygens (including phenoxy) is 1. The highest BCUT2D eigenvalue weighted by Crippen LogP contribution is 2.27. The maximum atomic E-state index is 15.0. The Morgan fingerprint density at radius 3 is 2.24 bits per heavy atom. The smallest absolute Gasteiger partial charge is 0.333 e. The number of fused-ring (bicyclic) bond motifs is 2. The lowest BCUT2D eigenvalue weighted by Crippen LogP contribution is -2.61. The first-order valence-electron chi connectivity index (χ1n) is 21.1. The molecule has 3 aromatic rings. The molecule has 0 aliphatic carbocycles. The Morgan fingerprint density at radius 1 is 0.873 bits per heavy atom. The van der Waals surface area contributed by atoms with Gasteiger partial charge < -0.3 is 45.4 Å². The number of aromatic nitrogens is 1. The van der Waals surface area contributed by atoms with E-state index in [2.05, 4.69) is 20.9 Å². The van der Waals surface area contributed by atoms with Crippen LogP contribution in [0.25, 0.3) is 0 Å². The number of amides is 6. The van der Waals surface area contributed by atoms with Gasteiger partial charge in [0.2, 0.25) is 29.5 Å². The lowest BCUT2D eigenvalue weighted by Gasteiger charge is -2.40. The molecule has 3 aliphatic rings. The summed E-state index contributed by atoms with van der Waals surface area (Å²) in [6.07, 6.45) is 0.175. The number of likely N-dealkylation sites (N-methyl/N-ethyl adjacent to an activating group) is 1. The van der Waals surface area contributed by atoms with Crippen LogP contribution in [-0.4, -0.2) is 143 Å². The Balaban J connectivity index is 1.44. The molecule has 0 saturated carbocycles. The molecule has 1 aromatic heterocycles. The number of esters is 1. The van der Waals surface area contributed by atoms with Crippen molar-refractivity contribution in [3.63, 3.8) is 0 Å². The number of carbonyl (C=O) groups is 8. The largest absolute Gasteiger partial charge is 0.505 e. The average molecular weight is 867 g/mol. The van der Waals surface area contributed by atoms with E-state index in [0.29, 0.717) is 12.0 Å². The number of ketones is 1. The van der Waals surface area contributed by atoms with Gasteiger partial charge in [0.15, 0.2) is 11.7 Å². The van der Waals surface area contributed by atoms with Gasteiger partial charge in [-0.1, -0.05) is 49.4 Å². The molecule has 4 heterocycles. The first kappa shape index (κ1) is 45.7. The fraction of sp³-hybridized carbons (Fsp3) is 0.444. The number of nitrogens with one attached hydrogen (secondary N) is 3. The normalized spacial score (nSPS) is 25.4. The molecule has 1 unspecified atom stereocenters. The summed E-state index contributed by atoms with van der Waals surface area (Å²) in [5.41, 5.74) is 1.45. The number of aromatic hydroxyl groups is 1. The molecule has 6 rings (SSSR count). The molecule has 3 saturated heterocycles. The van der Waals surface area contributed by atoms with Gasteiger partial charge in [-0.2, -0.15) is 0 Å². The molecule has 334 valence electrons. The summed E-state index contributed by atoms with van der Waals surface area (Å²) < 4.78 is 5.85. The Hall–Kier alpha value is -6.85. The van der Waals surface area contributed by atoms with Crippen LogP contribution in [0, 0.1) is 0 Å². The quantitative estimate of drug-likeness (QED) is 0.247. The maximum absolute atomic E-state index is 15.0. The summed E-state index contributed by atoms with van der Waals surface area (Å²) in [7, 11) is 5.25. The van der Waals surface area contributed by atoms with Crippen LogP contribution in [0.3, 0.4) is 0 Å². The van der Waals surface area contributed by atoms with E-state index in [1.807, 2.05) is 43.3 Å². The van der Waals surface area contributed by atoms with Crippen LogP contribution < -0.4 is 20.9 Å². The molecule has 3 fully saturated rings. The minimum absolute atomic E-state index is 0.0299. The van der Waals surface area contributed by atoms with Crippen molar-refractivity contribution in [2.75, 3.05) is 39.1 Å². The maximum Gasteiger partial charge on any atom is 0.333 e. The van der Waals surface area contributed by atoms with Gasteiger partial charge in [0.1, 0.15) is 47.8 Å². The van der Waals surface area contributed by atoms with E-state index in [9.17, 15) is 43.5 Å².